The average molecular weight is 238 g/mol. The molecule has 0 aliphatic rings. The van der Waals surface area contributed by atoms with Gasteiger partial charge in [-0.3, -0.25) is 4.79 Å². The number of hydrogen-bond donors (Lipinski definition) is 1. The zero-order valence-electron chi connectivity index (χ0n) is 9.91. The van der Waals surface area contributed by atoms with Gasteiger partial charge in [0.2, 0.25) is 5.91 Å². The minimum absolute atomic E-state index is 0.0726. The quantitative estimate of drug-likeness (QED) is 0.775. The average Bonchev–Trinajstić information content (AvgIpc) is 2.28. The van der Waals surface area contributed by atoms with Crippen molar-refractivity contribution in [3.8, 4) is 0 Å². The second-order valence-corrected chi connectivity index (χ2v) is 3.73. The van der Waals surface area contributed by atoms with Crippen LogP contribution in [0.25, 0.3) is 0 Å². The predicted molar refractivity (Wildman–Crippen MR) is 61.0 cm³/mol. The molecule has 1 heterocycles. The van der Waals surface area contributed by atoms with E-state index in [2.05, 4.69) is 10.2 Å². The maximum absolute atomic E-state index is 11.4. The highest BCUT2D eigenvalue weighted by atomic mass is 16.4. The summed E-state index contributed by atoms with van der Waals surface area (Å²) in [6.07, 6.45) is 0. The van der Waals surface area contributed by atoms with Crippen LogP contribution < -0.4 is 4.90 Å². The molecule has 1 aromatic rings. The molecule has 0 radical (unpaired) electrons. The summed E-state index contributed by atoms with van der Waals surface area (Å²) in [6.45, 7) is 0.161. The van der Waals surface area contributed by atoms with Crippen molar-refractivity contribution in [1.29, 1.82) is 0 Å². The Morgan fingerprint density at radius 1 is 1.24 bits per heavy atom. The van der Waals surface area contributed by atoms with E-state index in [1.54, 1.807) is 26.0 Å². The molecule has 92 valence electrons. The Kier molecular flexibility index (Phi) is 3.97. The molecular formula is C10H14N4O3. The lowest BCUT2D eigenvalue weighted by Crippen LogP contribution is -2.34. The van der Waals surface area contributed by atoms with Gasteiger partial charge in [-0.25, -0.2) is 4.79 Å². The topological polar surface area (TPSA) is 86.6 Å². The zero-order chi connectivity index (χ0) is 13.0. The predicted octanol–water partition coefficient (Wildman–Crippen LogP) is -0.301. The van der Waals surface area contributed by atoms with Crippen LogP contribution in [0.4, 0.5) is 5.82 Å². The lowest BCUT2D eigenvalue weighted by atomic mass is 10.3. The molecule has 0 fully saturated rings. The van der Waals surface area contributed by atoms with Crippen LogP contribution in [0.2, 0.25) is 0 Å². The van der Waals surface area contributed by atoms with E-state index in [0.717, 1.165) is 0 Å². The molecular weight excluding hydrogens is 224 g/mol. The van der Waals surface area contributed by atoms with Crippen molar-refractivity contribution < 1.29 is 14.7 Å². The Bertz CT molecular complexity index is 416. The minimum Gasteiger partial charge on any atom is -0.476 e. The van der Waals surface area contributed by atoms with Crippen molar-refractivity contribution in [2.75, 3.05) is 32.6 Å². The first kappa shape index (κ1) is 12.9. The number of rotatable bonds is 4. The molecule has 0 aliphatic heterocycles. The number of hydrogen-bond acceptors (Lipinski definition) is 5. The van der Waals surface area contributed by atoms with Gasteiger partial charge in [0.25, 0.3) is 0 Å². The van der Waals surface area contributed by atoms with E-state index in [9.17, 15) is 9.59 Å². The third kappa shape index (κ3) is 3.40. The van der Waals surface area contributed by atoms with E-state index in [1.807, 2.05) is 0 Å². The number of carbonyl (C=O) groups is 2. The van der Waals surface area contributed by atoms with Crippen molar-refractivity contribution >= 4 is 17.7 Å². The van der Waals surface area contributed by atoms with Crippen molar-refractivity contribution in [3.05, 3.63) is 17.8 Å². The summed E-state index contributed by atoms with van der Waals surface area (Å²) in [5, 5.41) is 15.9. The van der Waals surface area contributed by atoms with Crippen molar-refractivity contribution in [3.63, 3.8) is 0 Å². The van der Waals surface area contributed by atoms with Crippen molar-refractivity contribution in [2.24, 2.45) is 0 Å². The second-order valence-electron chi connectivity index (χ2n) is 3.73. The smallest absolute Gasteiger partial charge is 0.356 e. The molecule has 7 nitrogen and oxygen atoms in total. The Hall–Kier alpha value is -2.18. The number of carboxylic acid groups (broad SMARTS) is 1. The third-order valence-electron chi connectivity index (χ3n) is 2.13. The molecule has 1 rings (SSSR count). The van der Waals surface area contributed by atoms with Gasteiger partial charge in [-0.05, 0) is 12.1 Å². The normalized spacial score (nSPS) is 9.82. The number of likely N-dealkylation sites (N-methyl/N-ethyl adjacent to an activating group) is 2. The standard InChI is InChI=1S/C10H14N4O3/c1-13(2)9(15)6-14(3)8-5-4-7(10(16)17)11-12-8/h4-5H,6H2,1-3H3,(H,16,17). The van der Waals surface area contributed by atoms with Crippen LogP contribution in [0.5, 0.6) is 0 Å². The third-order valence-corrected chi connectivity index (χ3v) is 2.13. The van der Waals surface area contributed by atoms with Crippen LogP contribution in [0.3, 0.4) is 0 Å². The summed E-state index contributed by atoms with van der Waals surface area (Å²) in [5.41, 5.74) is -0.124. The first-order chi connectivity index (χ1) is 7.91. The van der Waals surface area contributed by atoms with Gasteiger partial charge in [0.05, 0.1) is 6.54 Å². The Morgan fingerprint density at radius 3 is 2.29 bits per heavy atom. The van der Waals surface area contributed by atoms with Crippen LogP contribution in [0.1, 0.15) is 10.5 Å². The van der Waals surface area contributed by atoms with E-state index in [-0.39, 0.29) is 18.1 Å². The lowest BCUT2D eigenvalue weighted by Gasteiger charge is -2.19. The number of carbonyl (C=O) groups excluding carboxylic acids is 1. The van der Waals surface area contributed by atoms with E-state index >= 15 is 0 Å². The van der Waals surface area contributed by atoms with Crippen LogP contribution in [-0.2, 0) is 4.79 Å². The molecule has 0 saturated heterocycles. The SMILES string of the molecule is CN(C)C(=O)CN(C)c1ccc(C(=O)O)nn1. The molecule has 7 heteroatoms. The van der Waals surface area contributed by atoms with Crippen LogP contribution in [0.15, 0.2) is 12.1 Å². The van der Waals surface area contributed by atoms with Gasteiger partial charge in [-0.15, -0.1) is 10.2 Å². The van der Waals surface area contributed by atoms with E-state index < -0.39 is 5.97 Å². The highest BCUT2D eigenvalue weighted by molar-refractivity contribution is 5.85. The monoisotopic (exact) mass is 238 g/mol. The van der Waals surface area contributed by atoms with E-state index in [4.69, 9.17) is 5.11 Å². The molecule has 17 heavy (non-hydrogen) atoms. The summed E-state index contributed by atoms with van der Waals surface area (Å²) in [6, 6.07) is 2.86. The van der Waals surface area contributed by atoms with E-state index in [1.165, 1.54) is 17.0 Å². The number of amides is 1. The lowest BCUT2D eigenvalue weighted by molar-refractivity contribution is -0.127. The largest absolute Gasteiger partial charge is 0.476 e. The molecule has 0 spiro atoms. The van der Waals surface area contributed by atoms with Gasteiger partial charge in [-0.2, -0.15) is 0 Å². The Labute approximate surface area is 98.7 Å². The molecule has 1 amide bonds. The minimum atomic E-state index is -1.13. The maximum Gasteiger partial charge on any atom is 0.356 e. The fraction of sp³-hybridized carbons (Fsp3) is 0.400. The summed E-state index contributed by atoms with van der Waals surface area (Å²) < 4.78 is 0. The number of nitrogens with zero attached hydrogens (tertiary/aromatic N) is 4. The van der Waals surface area contributed by atoms with Crippen molar-refractivity contribution in [2.45, 2.75) is 0 Å². The number of carboxylic acids is 1. The van der Waals surface area contributed by atoms with Crippen LogP contribution in [-0.4, -0.2) is 59.8 Å². The number of anilines is 1. The zero-order valence-corrected chi connectivity index (χ0v) is 9.91. The summed E-state index contributed by atoms with van der Waals surface area (Å²) >= 11 is 0. The van der Waals surface area contributed by atoms with Crippen LogP contribution in [0, 0.1) is 0 Å². The fourth-order valence-corrected chi connectivity index (χ4v) is 1.07. The summed E-state index contributed by atoms with van der Waals surface area (Å²) in [7, 11) is 5.01. The first-order valence-electron chi connectivity index (χ1n) is 4.90. The van der Waals surface area contributed by atoms with Gasteiger partial charge >= 0.3 is 5.97 Å². The molecule has 0 bridgehead atoms. The van der Waals surface area contributed by atoms with Gasteiger partial charge in [0.15, 0.2) is 11.5 Å². The Balaban J connectivity index is 2.73. The molecule has 0 saturated carbocycles. The van der Waals surface area contributed by atoms with Gasteiger partial charge in [-0.1, -0.05) is 0 Å². The Morgan fingerprint density at radius 2 is 1.88 bits per heavy atom. The second kappa shape index (κ2) is 5.24. The van der Waals surface area contributed by atoms with Gasteiger partial charge in [0, 0.05) is 21.1 Å². The van der Waals surface area contributed by atoms with E-state index in [0.29, 0.717) is 5.82 Å². The number of aromatic carboxylic acids is 1. The van der Waals surface area contributed by atoms with Gasteiger partial charge in [0.1, 0.15) is 0 Å². The maximum atomic E-state index is 11.4. The summed E-state index contributed by atoms with van der Waals surface area (Å²) in [4.78, 5) is 25.1. The molecule has 0 atom stereocenters. The summed E-state index contributed by atoms with van der Waals surface area (Å²) in [5.74, 6) is -0.752. The molecule has 0 aromatic carbocycles. The molecule has 1 N–H and O–H groups in total. The molecule has 0 unspecified atom stereocenters. The molecule has 0 aliphatic carbocycles. The van der Waals surface area contributed by atoms with Crippen LogP contribution >= 0.6 is 0 Å². The molecule has 1 aromatic heterocycles. The highest BCUT2D eigenvalue weighted by Gasteiger charge is 2.11. The number of aromatic nitrogens is 2. The van der Waals surface area contributed by atoms with Gasteiger partial charge < -0.3 is 14.9 Å². The highest BCUT2D eigenvalue weighted by Crippen LogP contribution is 2.07. The fourth-order valence-electron chi connectivity index (χ4n) is 1.07. The first-order valence-corrected chi connectivity index (χ1v) is 4.90. The van der Waals surface area contributed by atoms with Crippen molar-refractivity contribution in [1.82, 2.24) is 15.1 Å².